The quantitative estimate of drug-likeness (QED) is 0.797. The van der Waals surface area contributed by atoms with Crippen LogP contribution in [-0.4, -0.2) is 25.6 Å². The number of anilines is 1. The van der Waals surface area contributed by atoms with E-state index in [1.54, 1.807) is 35.8 Å². The summed E-state index contributed by atoms with van der Waals surface area (Å²) in [7, 11) is 1.76. The van der Waals surface area contributed by atoms with Crippen LogP contribution in [0.3, 0.4) is 0 Å². The fourth-order valence-corrected chi connectivity index (χ4v) is 2.02. The molecule has 2 nitrogen and oxygen atoms in total. The maximum absolute atomic E-state index is 13.7. The first-order chi connectivity index (χ1) is 8.11. The van der Waals surface area contributed by atoms with Gasteiger partial charge in [-0.15, -0.1) is 0 Å². The van der Waals surface area contributed by atoms with Gasteiger partial charge in [0.25, 0.3) is 0 Å². The van der Waals surface area contributed by atoms with E-state index in [4.69, 9.17) is 5.73 Å². The van der Waals surface area contributed by atoms with Crippen molar-refractivity contribution < 1.29 is 8.78 Å². The number of nitrogens with two attached hydrogens (primary N) is 1. The van der Waals surface area contributed by atoms with Gasteiger partial charge >= 0.3 is 0 Å². The third-order valence-electron chi connectivity index (χ3n) is 2.62. The summed E-state index contributed by atoms with van der Waals surface area (Å²) >= 11 is 1.74. The lowest BCUT2D eigenvalue weighted by Crippen LogP contribution is -2.21. The van der Waals surface area contributed by atoms with Crippen molar-refractivity contribution in [2.45, 2.75) is 13.0 Å². The van der Waals surface area contributed by atoms with Crippen molar-refractivity contribution in [1.82, 2.24) is 0 Å². The Morgan fingerprint density at radius 3 is 2.59 bits per heavy atom. The maximum atomic E-state index is 13.7. The zero-order valence-corrected chi connectivity index (χ0v) is 11.0. The maximum Gasteiger partial charge on any atom is 0.182 e. The van der Waals surface area contributed by atoms with Crippen molar-refractivity contribution >= 4 is 17.4 Å². The molecule has 2 N–H and O–H groups in total. The van der Waals surface area contributed by atoms with E-state index in [9.17, 15) is 8.78 Å². The SMILES string of the molecule is CSCCCN(C)c1ccc(CN)c(F)c1F. The fourth-order valence-electron chi connectivity index (χ4n) is 1.60. The molecule has 5 heteroatoms. The number of rotatable bonds is 6. The van der Waals surface area contributed by atoms with Crippen LogP contribution in [0.15, 0.2) is 12.1 Å². The van der Waals surface area contributed by atoms with E-state index in [0.717, 1.165) is 12.2 Å². The largest absolute Gasteiger partial charge is 0.372 e. The molecule has 0 aliphatic carbocycles. The van der Waals surface area contributed by atoms with Gasteiger partial charge in [-0.3, -0.25) is 0 Å². The van der Waals surface area contributed by atoms with Gasteiger partial charge in [0.15, 0.2) is 11.6 Å². The van der Waals surface area contributed by atoms with Gasteiger partial charge in [0.2, 0.25) is 0 Å². The van der Waals surface area contributed by atoms with Crippen molar-refractivity contribution in [3.8, 4) is 0 Å². The van der Waals surface area contributed by atoms with E-state index in [-0.39, 0.29) is 12.1 Å². The average Bonchev–Trinajstić information content (AvgIpc) is 2.32. The molecular formula is C12H18F2N2S. The molecule has 0 aliphatic heterocycles. The van der Waals surface area contributed by atoms with Gasteiger partial charge in [-0.2, -0.15) is 11.8 Å². The second kappa shape index (κ2) is 6.81. The molecule has 0 heterocycles. The lowest BCUT2D eigenvalue weighted by molar-refractivity contribution is 0.498. The van der Waals surface area contributed by atoms with Crippen LogP contribution >= 0.6 is 11.8 Å². The van der Waals surface area contributed by atoms with Gasteiger partial charge in [-0.1, -0.05) is 6.07 Å². The van der Waals surface area contributed by atoms with Crippen LogP contribution in [0.5, 0.6) is 0 Å². The summed E-state index contributed by atoms with van der Waals surface area (Å²) < 4.78 is 27.3. The molecule has 0 radical (unpaired) electrons. The van der Waals surface area contributed by atoms with Crippen molar-refractivity contribution in [3.05, 3.63) is 29.3 Å². The number of thioether (sulfide) groups is 1. The van der Waals surface area contributed by atoms with Crippen molar-refractivity contribution in [2.75, 3.05) is 30.5 Å². The minimum atomic E-state index is -0.832. The second-order valence-corrected chi connectivity index (χ2v) is 4.83. The Morgan fingerprint density at radius 1 is 1.29 bits per heavy atom. The molecule has 17 heavy (non-hydrogen) atoms. The van der Waals surface area contributed by atoms with E-state index in [2.05, 4.69) is 0 Å². The van der Waals surface area contributed by atoms with Crippen molar-refractivity contribution in [2.24, 2.45) is 5.73 Å². The smallest absolute Gasteiger partial charge is 0.182 e. The summed E-state index contributed by atoms with van der Waals surface area (Å²) in [6.07, 6.45) is 2.97. The highest BCUT2D eigenvalue weighted by atomic mass is 32.2. The predicted octanol–water partition coefficient (Wildman–Crippen LogP) is 2.61. The Bertz CT molecular complexity index is 372. The number of hydrogen-bond donors (Lipinski definition) is 1. The van der Waals surface area contributed by atoms with Gasteiger partial charge in [0, 0.05) is 25.7 Å². The van der Waals surface area contributed by atoms with Crippen LogP contribution in [0.1, 0.15) is 12.0 Å². The van der Waals surface area contributed by atoms with E-state index >= 15 is 0 Å². The predicted molar refractivity (Wildman–Crippen MR) is 70.5 cm³/mol. The number of hydrogen-bond acceptors (Lipinski definition) is 3. The summed E-state index contributed by atoms with van der Waals surface area (Å²) in [5, 5.41) is 0. The minimum absolute atomic E-state index is 0.0131. The molecule has 0 spiro atoms. The molecule has 0 fully saturated rings. The summed E-state index contributed by atoms with van der Waals surface area (Å²) in [4.78, 5) is 1.73. The average molecular weight is 260 g/mol. The third kappa shape index (κ3) is 3.57. The number of halogens is 2. The van der Waals surface area contributed by atoms with E-state index < -0.39 is 11.6 Å². The molecule has 1 aromatic rings. The Balaban J connectivity index is 2.80. The van der Waals surface area contributed by atoms with Gasteiger partial charge in [0.1, 0.15) is 0 Å². The lowest BCUT2D eigenvalue weighted by atomic mass is 10.1. The number of benzene rings is 1. The monoisotopic (exact) mass is 260 g/mol. The summed E-state index contributed by atoms with van der Waals surface area (Å²) in [5.74, 6) is -0.628. The zero-order valence-electron chi connectivity index (χ0n) is 10.2. The molecule has 0 aliphatic rings. The Kier molecular flexibility index (Phi) is 5.71. The third-order valence-corrected chi connectivity index (χ3v) is 3.31. The topological polar surface area (TPSA) is 29.3 Å². The highest BCUT2D eigenvalue weighted by Gasteiger charge is 2.14. The summed E-state index contributed by atoms with van der Waals surface area (Å²) in [6.45, 7) is 0.721. The Labute approximate surface area is 105 Å². The van der Waals surface area contributed by atoms with Crippen molar-refractivity contribution in [1.29, 1.82) is 0 Å². The Hall–Kier alpha value is -0.810. The molecule has 0 bridgehead atoms. The molecule has 1 aromatic carbocycles. The van der Waals surface area contributed by atoms with Gasteiger partial charge in [-0.05, 0) is 24.5 Å². The Morgan fingerprint density at radius 2 is 2.00 bits per heavy atom. The zero-order chi connectivity index (χ0) is 12.8. The molecule has 0 unspecified atom stereocenters. The van der Waals surface area contributed by atoms with Crippen molar-refractivity contribution in [3.63, 3.8) is 0 Å². The highest BCUT2D eigenvalue weighted by molar-refractivity contribution is 7.98. The first-order valence-corrected chi connectivity index (χ1v) is 6.88. The van der Waals surface area contributed by atoms with E-state index in [1.807, 2.05) is 6.26 Å². The van der Waals surface area contributed by atoms with Crippen LogP contribution in [-0.2, 0) is 6.54 Å². The molecule has 0 aromatic heterocycles. The minimum Gasteiger partial charge on any atom is -0.372 e. The highest BCUT2D eigenvalue weighted by Crippen LogP contribution is 2.23. The first-order valence-electron chi connectivity index (χ1n) is 5.48. The summed E-state index contributed by atoms with van der Waals surface area (Å²) in [5.41, 5.74) is 5.83. The van der Waals surface area contributed by atoms with Crippen LogP contribution in [0.2, 0.25) is 0 Å². The first kappa shape index (κ1) is 14.3. The van der Waals surface area contributed by atoms with Crippen LogP contribution in [0, 0.1) is 11.6 Å². The second-order valence-electron chi connectivity index (χ2n) is 3.84. The molecule has 96 valence electrons. The number of nitrogens with zero attached hydrogens (tertiary/aromatic N) is 1. The molecule has 0 saturated carbocycles. The lowest BCUT2D eigenvalue weighted by Gasteiger charge is -2.20. The van der Waals surface area contributed by atoms with Gasteiger partial charge < -0.3 is 10.6 Å². The van der Waals surface area contributed by atoms with E-state index in [0.29, 0.717) is 12.2 Å². The van der Waals surface area contributed by atoms with Gasteiger partial charge in [0.05, 0.1) is 5.69 Å². The fraction of sp³-hybridized carbons (Fsp3) is 0.500. The molecule has 1 rings (SSSR count). The molecule has 0 amide bonds. The van der Waals surface area contributed by atoms with Crippen LogP contribution in [0.25, 0.3) is 0 Å². The van der Waals surface area contributed by atoms with Crippen LogP contribution in [0.4, 0.5) is 14.5 Å². The van der Waals surface area contributed by atoms with Gasteiger partial charge in [-0.25, -0.2) is 8.78 Å². The molecule has 0 atom stereocenters. The van der Waals surface area contributed by atoms with E-state index in [1.165, 1.54) is 0 Å². The van der Waals surface area contributed by atoms with Crippen LogP contribution < -0.4 is 10.6 Å². The normalized spacial score (nSPS) is 10.6. The summed E-state index contributed by atoms with van der Waals surface area (Å²) in [6, 6.07) is 3.12. The standard InChI is InChI=1S/C12H18F2N2S/c1-16(6-3-7-17-2)10-5-4-9(8-15)11(13)12(10)14/h4-5H,3,6-8,15H2,1-2H3. The molecular weight excluding hydrogens is 242 g/mol. The molecule has 0 saturated heterocycles.